The molecular weight excluding hydrogens is 260 g/mol. The number of nitrogens with two attached hydrogens (primary N) is 1. The van der Waals surface area contributed by atoms with E-state index in [1.165, 1.54) is 0 Å². The average Bonchev–Trinajstić information content (AvgIpc) is 2.31. The van der Waals surface area contributed by atoms with Crippen LogP contribution >= 0.6 is 0 Å². The quantitative estimate of drug-likeness (QED) is 0.846. The highest BCUT2D eigenvalue weighted by atomic mass is 32.2. The number of anilines is 1. The highest BCUT2D eigenvalue weighted by Gasteiger charge is 2.31. The zero-order valence-corrected chi connectivity index (χ0v) is 12.6. The molecule has 4 nitrogen and oxygen atoms in total. The van der Waals surface area contributed by atoms with Crippen molar-refractivity contribution in [1.29, 1.82) is 0 Å². The molecule has 0 spiro atoms. The lowest BCUT2D eigenvalue weighted by atomic mass is 9.90. The second kappa shape index (κ2) is 5.13. The van der Waals surface area contributed by atoms with Gasteiger partial charge in [0, 0.05) is 18.8 Å². The van der Waals surface area contributed by atoms with Gasteiger partial charge in [0.25, 0.3) is 0 Å². The van der Waals surface area contributed by atoms with E-state index in [-0.39, 0.29) is 0 Å². The minimum atomic E-state index is -3.41. The van der Waals surface area contributed by atoms with Gasteiger partial charge in [-0.2, -0.15) is 4.31 Å². The van der Waals surface area contributed by atoms with Crippen LogP contribution in [0.25, 0.3) is 0 Å². The zero-order valence-electron chi connectivity index (χ0n) is 11.8. The normalized spacial score (nSPS) is 25.4. The summed E-state index contributed by atoms with van der Waals surface area (Å²) in [4.78, 5) is 0.312. The highest BCUT2D eigenvalue weighted by molar-refractivity contribution is 7.89. The van der Waals surface area contributed by atoms with Gasteiger partial charge in [-0.25, -0.2) is 8.42 Å². The minimum Gasteiger partial charge on any atom is -0.399 e. The Labute approximate surface area is 115 Å². The van der Waals surface area contributed by atoms with Gasteiger partial charge in [-0.05, 0) is 48.9 Å². The van der Waals surface area contributed by atoms with Crippen LogP contribution in [0.5, 0.6) is 0 Å². The van der Waals surface area contributed by atoms with Crippen LogP contribution in [0.2, 0.25) is 0 Å². The van der Waals surface area contributed by atoms with Crippen LogP contribution in [0.1, 0.15) is 25.8 Å². The average molecular weight is 282 g/mol. The van der Waals surface area contributed by atoms with E-state index in [0.29, 0.717) is 35.5 Å². The van der Waals surface area contributed by atoms with Gasteiger partial charge < -0.3 is 5.73 Å². The van der Waals surface area contributed by atoms with Gasteiger partial charge in [-0.3, -0.25) is 0 Å². The summed E-state index contributed by atoms with van der Waals surface area (Å²) >= 11 is 0. The van der Waals surface area contributed by atoms with Crippen LogP contribution in [-0.2, 0) is 10.0 Å². The largest absolute Gasteiger partial charge is 0.399 e. The molecule has 5 heteroatoms. The Bertz CT molecular complexity index is 549. The number of aryl methyl sites for hydroxylation is 1. The molecule has 2 unspecified atom stereocenters. The fourth-order valence-corrected chi connectivity index (χ4v) is 4.21. The highest BCUT2D eigenvalue weighted by Crippen LogP contribution is 2.28. The van der Waals surface area contributed by atoms with E-state index in [1.807, 2.05) is 6.92 Å². The lowest BCUT2D eigenvalue weighted by Crippen LogP contribution is -2.42. The standard InChI is InChI=1S/C14H22N2O2S/c1-10-6-13(15)8-14(7-10)19(17,18)16-5-4-11(2)12(3)9-16/h6-8,11-12H,4-5,9,15H2,1-3H3. The number of piperidine rings is 1. The van der Waals surface area contributed by atoms with Crippen molar-refractivity contribution in [3.05, 3.63) is 23.8 Å². The van der Waals surface area contributed by atoms with Crippen molar-refractivity contribution in [2.75, 3.05) is 18.8 Å². The lowest BCUT2D eigenvalue weighted by molar-refractivity contribution is 0.212. The predicted octanol–water partition coefficient (Wildman–Crippen LogP) is 2.24. The number of nitrogen functional groups attached to an aromatic ring is 1. The number of sulfonamides is 1. The number of hydrogen-bond acceptors (Lipinski definition) is 3. The van der Waals surface area contributed by atoms with E-state index in [4.69, 9.17) is 5.73 Å². The third-order valence-electron chi connectivity index (χ3n) is 4.01. The molecule has 0 aliphatic carbocycles. The second-order valence-corrected chi connectivity index (χ2v) is 7.62. The van der Waals surface area contributed by atoms with Gasteiger partial charge in [-0.15, -0.1) is 0 Å². The zero-order chi connectivity index (χ0) is 14.2. The first-order chi connectivity index (χ1) is 8.80. The van der Waals surface area contributed by atoms with Gasteiger partial charge in [0.1, 0.15) is 0 Å². The maximum absolute atomic E-state index is 12.6. The molecular formula is C14H22N2O2S. The van der Waals surface area contributed by atoms with Crippen molar-refractivity contribution >= 4 is 15.7 Å². The van der Waals surface area contributed by atoms with Gasteiger partial charge in [0.05, 0.1) is 4.90 Å². The van der Waals surface area contributed by atoms with Crippen molar-refractivity contribution in [3.63, 3.8) is 0 Å². The summed E-state index contributed by atoms with van der Waals surface area (Å²) in [5.74, 6) is 0.972. The molecule has 2 N–H and O–H groups in total. The van der Waals surface area contributed by atoms with E-state index in [2.05, 4.69) is 13.8 Å². The summed E-state index contributed by atoms with van der Waals surface area (Å²) in [6, 6.07) is 5.01. The first-order valence-corrected chi connectivity index (χ1v) is 8.12. The van der Waals surface area contributed by atoms with Gasteiger partial charge in [0.2, 0.25) is 10.0 Å². The third kappa shape index (κ3) is 2.92. The molecule has 1 fully saturated rings. The summed E-state index contributed by atoms with van der Waals surface area (Å²) in [6.07, 6.45) is 0.918. The van der Waals surface area contributed by atoms with Crippen LogP contribution in [0, 0.1) is 18.8 Å². The molecule has 19 heavy (non-hydrogen) atoms. The van der Waals surface area contributed by atoms with Crippen LogP contribution < -0.4 is 5.73 Å². The number of hydrogen-bond donors (Lipinski definition) is 1. The van der Waals surface area contributed by atoms with Gasteiger partial charge in [0.15, 0.2) is 0 Å². The van der Waals surface area contributed by atoms with Crippen molar-refractivity contribution in [1.82, 2.24) is 4.31 Å². The minimum absolute atomic E-state index is 0.312. The third-order valence-corrected chi connectivity index (χ3v) is 5.85. The molecule has 0 saturated carbocycles. The first-order valence-electron chi connectivity index (χ1n) is 6.68. The Kier molecular flexibility index (Phi) is 3.87. The smallest absolute Gasteiger partial charge is 0.243 e. The summed E-state index contributed by atoms with van der Waals surface area (Å²) in [5, 5.41) is 0. The molecule has 1 aromatic rings. The van der Waals surface area contributed by atoms with Crippen molar-refractivity contribution in [2.24, 2.45) is 11.8 Å². The van der Waals surface area contributed by atoms with Crippen LogP contribution in [-0.4, -0.2) is 25.8 Å². The monoisotopic (exact) mass is 282 g/mol. The second-order valence-electron chi connectivity index (χ2n) is 5.69. The first kappa shape index (κ1) is 14.3. The molecule has 1 aliphatic rings. The van der Waals surface area contributed by atoms with Crippen molar-refractivity contribution < 1.29 is 8.42 Å². The lowest BCUT2D eigenvalue weighted by Gasteiger charge is -2.34. The van der Waals surface area contributed by atoms with E-state index < -0.39 is 10.0 Å². The molecule has 1 aromatic carbocycles. The van der Waals surface area contributed by atoms with Crippen molar-refractivity contribution in [3.8, 4) is 0 Å². The Morgan fingerprint density at radius 1 is 1.21 bits per heavy atom. The SMILES string of the molecule is Cc1cc(N)cc(S(=O)(=O)N2CCC(C)C(C)C2)c1. The number of rotatable bonds is 2. The maximum atomic E-state index is 12.6. The van der Waals surface area contributed by atoms with Crippen LogP contribution in [0.15, 0.2) is 23.1 Å². The summed E-state index contributed by atoms with van der Waals surface area (Å²) in [5.41, 5.74) is 7.12. The fraction of sp³-hybridized carbons (Fsp3) is 0.571. The molecule has 1 heterocycles. The molecule has 106 valence electrons. The Morgan fingerprint density at radius 3 is 2.47 bits per heavy atom. The fourth-order valence-electron chi connectivity index (χ4n) is 2.52. The van der Waals surface area contributed by atoms with Gasteiger partial charge >= 0.3 is 0 Å². The molecule has 2 atom stereocenters. The summed E-state index contributed by atoms with van der Waals surface area (Å²) in [7, 11) is -3.41. The molecule has 0 bridgehead atoms. The number of benzene rings is 1. The topological polar surface area (TPSA) is 63.4 Å². The summed E-state index contributed by atoms with van der Waals surface area (Å²) in [6.45, 7) is 7.34. The van der Waals surface area contributed by atoms with E-state index in [9.17, 15) is 8.42 Å². The van der Waals surface area contributed by atoms with Crippen LogP contribution in [0.4, 0.5) is 5.69 Å². The Balaban J connectivity index is 2.32. The van der Waals surface area contributed by atoms with Crippen LogP contribution in [0.3, 0.4) is 0 Å². The Hall–Kier alpha value is -1.07. The maximum Gasteiger partial charge on any atom is 0.243 e. The molecule has 2 rings (SSSR count). The molecule has 0 amide bonds. The molecule has 0 aromatic heterocycles. The van der Waals surface area contributed by atoms with Crippen molar-refractivity contribution in [2.45, 2.75) is 32.1 Å². The molecule has 1 aliphatic heterocycles. The summed E-state index contributed by atoms with van der Waals surface area (Å²) < 4.78 is 26.8. The van der Waals surface area contributed by atoms with E-state index in [0.717, 1.165) is 12.0 Å². The molecule has 0 radical (unpaired) electrons. The predicted molar refractivity (Wildman–Crippen MR) is 77.3 cm³/mol. The van der Waals surface area contributed by atoms with E-state index >= 15 is 0 Å². The number of nitrogens with zero attached hydrogens (tertiary/aromatic N) is 1. The van der Waals surface area contributed by atoms with E-state index in [1.54, 1.807) is 22.5 Å². The molecule has 1 saturated heterocycles. The Morgan fingerprint density at radius 2 is 1.89 bits per heavy atom. The van der Waals surface area contributed by atoms with Gasteiger partial charge in [-0.1, -0.05) is 13.8 Å².